The highest BCUT2D eigenvalue weighted by Gasteiger charge is 2.31. The van der Waals surface area contributed by atoms with E-state index >= 15 is 0 Å². The number of fused-ring (bicyclic) bond motifs is 1. The molecule has 4 aromatic rings. The Labute approximate surface area is 235 Å². The van der Waals surface area contributed by atoms with Gasteiger partial charge in [0.2, 0.25) is 10.0 Å². The van der Waals surface area contributed by atoms with Crippen LogP contribution in [-0.2, 0) is 22.0 Å². The van der Waals surface area contributed by atoms with E-state index in [-0.39, 0.29) is 28.6 Å². The van der Waals surface area contributed by atoms with Crippen molar-refractivity contribution in [2.75, 3.05) is 31.6 Å². The zero-order chi connectivity index (χ0) is 28.5. The van der Waals surface area contributed by atoms with E-state index in [9.17, 15) is 12.8 Å². The zero-order valence-electron chi connectivity index (χ0n) is 23.4. The molecule has 0 amide bonds. The first-order valence-electron chi connectivity index (χ1n) is 13.6. The predicted octanol–water partition coefficient (Wildman–Crippen LogP) is 5.24. The van der Waals surface area contributed by atoms with E-state index in [2.05, 4.69) is 39.9 Å². The third kappa shape index (κ3) is 5.83. The average molecular weight is 566 g/mol. The van der Waals surface area contributed by atoms with Crippen molar-refractivity contribution < 1.29 is 17.5 Å². The van der Waals surface area contributed by atoms with Crippen molar-refractivity contribution in [3.63, 3.8) is 0 Å². The number of nitrogens with one attached hydrogen (secondary N) is 1. The summed E-state index contributed by atoms with van der Waals surface area (Å²) in [6, 6.07) is 13.8. The lowest BCUT2D eigenvalue weighted by atomic mass is 9.93. The van der Waals surface area contributed by atoms with Crippen LogP contribution >= 0.6 is 0 Å². The molecule has 8 nitrogen and oxygen atoms in total. The Bertz CT molecular complexity index is 1610. The zero-order valence-corrected chi connectivity index (χ0v) is 24.2. The summed E-state index contributed by atoms with van der Waals surface area (Å²) in [5.41, 5.74) is 2.56. The molecule has 1 aliphatic rings. The molecule has 1 aliphatic heterocycles. The van der Waals surface area contributed by atoms with Crippen molar-refractivity contribution in [2.24, 2.45) is 0 Å². The number of hydrogen-bond donors (Lipinski definition) is 1. The van der Waals surface area contributed by atoms with Gasteiger partial charge in [-0.15, -0.1) is 0 Å². The summed E-state index contributed by atoms with van der Waals surface area (Å²) in [5, 5.41) is 0.759. The first-order valence-corrected chi connectivity index (χ1v) is 15.0. The molecule has 1 saturated heterocycles. The number of anilines is 1. The summed E-state index contributed by atoms with van der Waals surface area (Å²) < 4.78 is 51.3. The molecule has 1 N–H and O–H groups in total. The minimum absolute atomic E-state index is 0.109. The third-order valence-electron chi connectivity index (χ3n) is 7.41. The Hall–Kier alpha value is -3.50. The lowest BCUT2D eigenvalue weighted by molar-refractivity contribution is 0.364. The Kier molecular flexibility index (Phi) is 7.83. The van der Waals surface area contributed by atoms with Crippen LogP contribution in [0.2, 0.25) is 0 Å². The van der Waals surface area contributed by atoms with Gasteiger partial charge in [-0.1, -0.05) is 24.3 Å². The summed E-state index contributed by atoms with van der Waals surface area (Å²) in [4.78, 5) is 11.6. The lowest BCUT2D eigenvalue weighted by Crippen LogP contribution is -2.38. The van der Waals surface area contributed by atoms with Crippen molar-refractivity contribution in [3.8, 4) is 5.75 Å². The van der Waals surface area contributed by atoms with Crippen LogP contribution in [0.1, 0.15) is 50.8 Å². The van der Waals surface area contributed by atoms with Crippen LogP contribution in [0, 0.1) is 5.82 Å². The van der Waals surface area contributed by atoms with E-state index in [1.807, 2.05) is 36.8 Å². The van der Waals surface area contributed by atoms with Gasteiger partial charge in [0.05, 0.1) is 19.0 Å². The lowest BCUT2D eigenvalue weighted by Gasteiger charge is -2.36. The standard InChI is InChI=1S/C30H36FN5O3S/c1-30(2,3)36-20-32-18-26(36)23-9-7-15-35(19-23)29-28(17-22-8-5-6-10-25(22)34-29)40(37,38)33-14-13-21-11-12-24(31)27(16-21)39-4/h5-6,8,10-12,16-18,20,23,33H,7,9,13-15,19H2,1-4H3. The van der Waals surface area contributed by atoms with Gasteiger partial charge < -0.3 is 14.2 Å². The number of piperidine rings is 1. The fourth-order valence-electron chi connectivity index (χ4n) is 5.36. The average Bonchev–Trinajstić information content (AvgIpc) is 3.44. The molecule has 2 aromatic heterocycles. The highest BCUT2D eigenvalue weighted by atomic mass is 32.2. The maximum atomic E-state index is 13.8. The van der Waals surface area contributed by atoms with E-state index in [1.165, 1.54) is 13.2 Å². The largest absolute Gasteiger partial charge is 0.494 e. The number of aromatic nitrogens is 3. The smallest absolute Gasteiger partial charge is 0.244 e. The molecule has 212 valence electrons. The van der Waals surface area contributed by atoms with E-state index in [4.69, 9.17) is 9.72 Å². The maximum Gasteiger partial charge on any atom is 0.244 e. The number of methoxy groups -OCH3 is 1. The quantitative estimate of drug-likeness (QED) is 0.314. The van der Waals surface area contributed by atoms with Crippen LogP contribution in [0.25, 0.3) is 10.9 Å². The molecule has 2 aromatic carbocycles. The van der Waals surface area contributed by atoms with Crippen molar-refractivity contribution in [1.29, 1.82) is 0 Å². The van der Waals surface area contributed by atoms with Gasteiger partial charge in [0.25, 0.3) is 0 Å². The molecule has 0 aliphatic carbocycles. The summed E-state index contributed by atoms with van der Waals surface area (Å²) in [7, 11) is -2.50. The molecular weight excluding hydrogens is 529 g/mol. The first kappa shape index (κ1) is 28.0. The SMILES string of the molecule is COc1cc(CCNS(=O)(=O)c2cc3ccccc3nc2N2CCCC(c3cncn3C(C)(C)C)C2)ccc1F. The third-order valence-corrected chi connectivity index (χ3v) is 8.87. The fraction of sp³-hybridized carbons (Fsp3) is 0.400. The van der Waals surface area contributed by atoms with Crippen molar-refractivity contribution in [3.05, 3.63) is 78.1 Å². The van der Waals surface area contributed by atoms with E-state index in [0.717, 1.165) is 35.0 Å². The van der Waals surface area contributed by atoms with Crippen LogP contribution in [-0.4, -0.2) is 49.7 Å². The molecular formula is C30H36FN5O3S. The van der Waals surface area contributed by atoms with Crippen LogP contribution in [0.4, 0.5) is 10.2 Å². The molecule has 40 heavy (non-hydrogen) atoms. The molecule has 10 heteroatoms. The molecule has 5 rings (SSSR count). The van der Waals surface area contributed by atoms with Gasteiger partial charge in [-0.05, 0) is 69.9 Å². The van der Waals surface area contributed by atoms with Gasteiger partial charge in [0.1, 0.15) is 10.7 Å². The predicted molar refractivity (Wildman–Crippen MR) is 155 cm³/mol. The number of imidazole rings is 1. The number of halogens is 1. The van der Waals surface area contributed by atoms with Gasteiger partial charge in [0, 0.05) is 48.4 Å². The maximum absolute atomic E-state index is 13.8. The number of rotatable bonds is 8. The van der Waals surface area contributed by atoms with Crippen molar-refractivity contribution in [1.82, 2.24) is 19.3 Å². The summed E-state index contributed by atoms with van der Waals surface area (Å²) >= 11 is 0. The summed E-state index contributed by atoms with van der Waals surface area (Å²) in [6.07, 6.45) is 6.09. The van der Waals surface area contributed by atoms with Gasteiger partial charge >= 0.3 is 0 Å². The Morgan fingerprint density at radius 3 is 2.73 bits per heavy atom. The molecule has 3 heterocycles. The van der Waals surface area contributed by atoms with Crippen LogP contribution < -0.4 is 14.4 Å². The molecule has 1 fully saturated rings. The number of para-hydroxylation sites is 1. The highest BCUT2D eigenvalue weighted by molar-refractivity contribution is 7.89. The van der Waals surface area contributed by atoms with Crippen molar-refractivity contribution >= 4 is 26.7 Å². The monoisotopic (exact) mass is 565 g/mol. The number of nitrogens with zero attached hydrogens (tertiary/aromatic N) is 4. The minimum atomic E-state index is -3.91. The Morgan fingerprint density at radius 2 is 1.95 bits per heavy atom. The fourth-order valence-corrected chi connectivity index (χ4v) is 6.58. The van der Waals surface area contributed by atoms with Crippen LogP contribution in [0.3, 0.4) is 0 Å². The molecule has 1 atom stereocenters. The van der Waals surface area contributed by atoms with E-state index in [0.29, 0.717) is 25.3 Å². The van der Waals surface area contributed by atoms with Gasteiger partial charge in [-0.2, -0.15) is 0 Å². The highest BCUT2D eigenvalue weighted by Crippen LogP contribution is 2.35. The molecule has 0 radical (unpaired) electrons. The number of pyridine rings is 1. The van der Waals surface area contributed by atoms with Gasteiger partial charge in [-0.3, -0.25) is 0 Å². The number of ether oxygens (including phenoxy) is 1. The van der Waals surface area contributed by atoms with Gasteiger partial charge in [0.15, 0.2) is 11.6 Å². The summed E-state index contributed by atoms with van der Waals surface area (Å²) in [5.74, 6) is 0.333. The topological polar surface area (TPSA) is 89.3 Å². The molecule has 0 spiro atoms. The second-order valence-corrected chi connectivity index (χ2v) is 13.0. The molecule has 0 bridgehead atoms. The summed E-state index contributed by atoms with van der Waals surface area (Å²) in [6.45, 7) is 7.97. The van der Waals surface area contributed by atoms with E-state index in [1.54, 1.807) is 18.2 Å². The number of hydrogen-bond acceptors (Lipinski definition) is 6. The minimum Gasteiger partial charge on any atom is -0.494 e. The molecule has 0 saturated carbocycles. The van der Waals surface area contributed by atoms with Crippen LogP contribution in [0.15, 0.2) is 66.0 Å². The Balaban J connectivity index is 1.44. The second-order valence-electron chi connectivity index (χ2n) is 11.3. The van der Waals surface area contributed by atoms with E-state index < -0.39 is 15.8 Å². The Morgan fingerprint density at radius 1 is 1.15 bits per heavy atom. The van der Waals surface area contributed by atoms with Crippen molar-refractivity contribution in [2.45, 2.75) is 56.4 Å². The molecule has 1 unspecified atom stereocenters. The number of benzene rings is 2. The normalized spacial score (nSPS) is 16.4. The van der Waals surface area contributed by atoms with Gasteiger partial charge in [-0.25, -0.2) is 27.5 Å². The number of sulfonamides is 1. The van der Waals surface area contributed by atoms with Crippen LogP contribution in [0.5, 0.6) is 5.75 Å². The first-order chi connectivity index (χ1) is 19.1. The second kappa shape index (κ2) is 11.2.